The molecule has 0 fully saturated rings. The lowest BCUT2D eigenvalue weighted by Gasteiger charge is -2.21. The highest BCUT2D eigenvalue weighted by atomic mass is 127. The number of nitrogens with one attached hydrogen (secondary N) is 1. The van der Waals surface area contributed by atoms with Crippen LogP contribution in [0, 0.1) is 3.57 Å². The van der Waals surface area contributed by atoms with Gasteiger partial charge in [-0.3, -0.25) is 0 Å². The summed E-state index contributed by atoms with van der Waals surface area (Å²) in [6.45, 7) is 6.40. The zero-order valence-electron chi connectivity index (χ0n) is 12.3. The van der Waals surface area contributed by atoms with Crippen LogP contribution < -0.4 is 5.32 Å². The fourth-order valence-electron chi connectivity index (χ4n) is 1.87. The molecule has 112 valence electrons. The number of nitrogens with zero attached hydrogens (tertiary/aromatic N) is 2. The van der Waals surface area contributed by atoms with E-state index in [4.69, 9.17) is 28.2 Å². The Morgan fingerprint density at radius 2 is 1.76 bits per heavy atom. The lowest BCUT2D eigenvalue weighted by Crippen LogP contribution is -2.18. The maximum atomic E-state index is 6.09. The molecule has 21 heavy (non-hydrogen) atoms. The summed E-state index contributed by atoms with van der Waals surface area (Å²) in [6, 6.07) is 5.43. The van der Waals surface area contributed by atoms with Crippen molar-refractivity contribution in [3.63, 3.8) is 0 Å². The monoisotopic (exact) mass is 435 g/mol. The third kappa shape index (κ3) is 3.60. The first-order chi connectivity index (χ1) is 9.74. The Balaban J connectivity index is 2.66. The van der Waals surface area contributed by atoms with Gasteiger partial charge in [-0.1, -0.05) is 44.0 Å². The van der Waals surface area contributed by atoms with E-state index in [-0.39, 0.29) is 5.41 Å². The van der Waals surface area contributed by atoms with E-state index < -0.39 is 0 Å². The van der Waals surface area contributed by atoms with Crippen molar-refractivity contribution in [1.82, 2.24) is 9.97 Å². The van der Waals surface area contributed by atoms with Gasteiger partial charge in [-0.2, -0.15) is 0 Å². The molecule has 0 aliphatic heterocycles. The molecule has 0 spiro atoms. The normalized spacial score (nSPS) is 11.6. The Kier molecular flexibility index (Phi) is 5.00. The van der Waals surface area contributed by atoms with Crippen LogP contribution >= 0.6 is 45.8 Å². The SMILES string of the molecule is CNc1nc(-c2ccc(Cl)c(Cl)c2)nc(C(C)(C)C)c1I. The highest BCUT2D eigenvalue weighted by Gasteiger charge is 2.23. The molecular weight excluding hydrogens is 420 g/mol. The first kappa shape index (κ1) is 16.8. The highest BCUT2D eigenvalue weighted by Crippen LogP contribution is 2.33. The van der Waals surface area contributed by atoms with Gasteiger partial charge in [0, 0.05) is 18.0 Å². The van der Waals surface area contributed by atoms with E-state index in [9.17, 15) is 0 Å². The molecule has 1 aromatic heterocycles. The Labute approximate surface area is 148 Å². The van der Waals surface area contributed by atoms with Crippen LogP contribution in [0.15, 0.2) is 18.2 Å². The van der Waals surface area contributed by atoms with E-state index in [0.29, 0.717) is 15.9 Å². The van der Waals surface area contributed by atoms with E-state index in [1.165, 1.54) is 0 Å². The van der Waals surface area contributed by atoms with E-state index >= 15 is 0 Å². The molecule has 0 bridgehead atoms. The number of hydrogen-bond donors (Lipinski definition) is 1. The first-order valence-electron chi connectivity index (χ1n) is 6.45. The summed E-state index contributed by atoms with van der Waals surface area (Å²) in [6.07, 6.45) is 0. The highest BCUT2D eigenvalue weighted by molar-refractivity contribution is 14.1. The Bertz CT molecular complexity index is 681. The van der Waals surface area contributed by atoms with Gasteiger partial charge in [0.2, 0.25) is 0 Å². The summed E-state index contributed by atoms with van der Waals surface area (Å²) in [7, 11) is 1.86. The average Bonchev–Trinajstić information content (AvgIpc) is 2.41. The van der Waals surface area contributed by atoms with Crippen molar-refractivity contribution in [1.29, 1.82) is 0 Å². The van der Waals surface area contributed by atoms with Gasteiger partial charge >= 0.3 is 0 Å². The number of halogens is 3. The number of benzene rings is 1. The molecule has 1 aromatic carbocycles. The predicted molar refractivity (Wildman–Crippen MR) is 98.5 cm³/mol. The largest absolute Gasteiger partial charge is 0.372 e. The van der Waals surface area contributed by atoms with Gasteiger partial charge in [-0.25, -0.2) is 9.97 Å². The minimum Gasteiger partial charge on any atom is -0.372 e. The van der Waals surface area contributed by atoms with Crippen LogP contribution in [0.1, 0.15) is 26.5 Å². The molecule has 0 atom stereocenters. The van der Waals surface area contributed by atoms with Gasteiger partial charge < -0.3 is 5.32 Å². The van der Waals surface area contributed by atoms with Crippen LogP contribution in [0.4, 0.5) is 5.82 Å². The molecule has 3 nitrogen and oxygen atoms in total. The second kappa shape index (κ2) is 6.26. The lowest BCUT2D eigenvalue weighted by atomic mass is 9.91. The summed E-state index contributed by atoms with van der Waals surface area (Å²) in [5, 5.41) is 4.15. The van der Waals surface area contributed by atoms with Crippen molar-refractivity contribution in [3.8, 4) is 11.4 Å². The molecule has 6 heteroatoms. The van der Waals surface area contributed by atoms with Crippen molar-refractivity contribution >= 4 is 51.6 Å². The molecule has 0 amide bonds. The summed E-state index contributed by atoms with van der Waals surface area (Å²) < 4.78 is 1.03. The zero-order chi connectivity index (χ0) is 15.8. The number of aromatic nitrogens is 2. The smallest absolute Gasteiger partial charge is 0.161 e. The van der Waals surface area contributed by atoms with Crippen molar-refractivity contribution in [2.45, 2.75) is 26.2 Å². The van der Waals surface area contributed by atoms with Gasteiger partial charge in [0.05, 0.1) is 19.3 Å². The standard InChI is InChI=1S/C15H16Cl2IN3/c1-15(2,3)12-11(18)14(19-4)21-13(20-12)8-5-6-9(16)10(17)7-8/h5-7H,1-4H3,(H,19,20,21). The molecule has 0 unspecified atom stereocenters. The zero-order valence-corrected chi connectivity index (χ0v) is 15.9. The maximum Gasteiger partial charge on any atom is 0.161 e. The van der Waals surface area contributed by atoms with Crippen LogP contribution in [0.25, 0.3) is 11.4 Å². The lowest BCUT2D eigenvalue weighted by molar-refractivity contribution is 0.564. The summed E-state index contributed by atoms with van der Waals surface area (Å²) in [5.74, 6) is 1.46. The summed E-state index contributed by atoms with van der Waals surface area (Å²) >= 11 is 14.3. The van der Waals surface area contributed by atoms with Crippen LogP contribution in [0.5, 0.6) is 0 Å². The molecule has 2 rings (SSSR count). The second-order valence-electron chi connectivity index (χ2n) is 5.69. The van der Waals surface area contributed by atoms with Crippen LogP contribution in [-0.4, -0.2) is 17.0 Å². The van der Waals surface area contributed by atoms with Crippen LogP contribution in [0.2, 0.25) is 10.0 Å². The molecule has 0 aliphatic carbocycles. The minimum absolute atomic E-state index is 0.0734. The van der Waals surface area contributed by atoms with E-state index in [1.54, 1.807) is 12.1 Å². The number of rotatable bonds is 2. The van der Waals surface area contributed by atoms with Gasteiger partial charge in [-0.05, 0) is 40.8 Å². The predicted octanol–water partition coefficient (Wildman–Crippen LogP) is 5.39. The van der Waals surface area contributed by atoms with E-state index in [0.717, 1.165) is 20.6 Å². The second-order valence-corrected chi connectivity index (χ2v) is 7.58. The Morgan fingerprint density at radius 1 is 1.10 bits per heavy atom. The van der Waals surface area contributed by atoms with Crippen molar-refractivity contribution < 1.29 is 0 Å². The molecular formula is C15H16Cl2IN3. The molecule has 1 N–H and O–H groups in total. The minimum atomic E-state index is -0.0734. The van der Waals surface area contributed by atoms with Gasteiger partial charge in [0.25, 0.3) is 0 Å². The number of hydrogen-bond acceptors (Lipinski definition) is 3. The quantitative estimate of drug-likeness (QED) is 0.642. The molecule has 0 saturated carbocycles. The molecule has 0 aliphatic rings. The van der Waals surface area contributed by atoms with Crippen LogP contribution in [0.3, 0.4) is 0 Å². The van der Waals surface area contributed by atoms with E-state index in [2.05, 4.69) is 53.7 Å². The first-order valence-corrected chi connectivity index (χ1v) is 8.28. The topological polar surface area (TPSA) is 37.8 Å². The molecule has 0 saturated heterocycles. The summed E-state index contributed by atoms with van der Waals surface area (Å²) in [5.41, 5.74) is 1.78. The fraction of sp³-hybridized carbons (Fsp3) is 0.333. The maximum absolute atomic E-state index is 6.09. The fourth-order valence-corrected chi connectivity index (χ4v) is 3.49. The number of anilines is 1. The average molecular weight is 436 g/mol. The Hall–Kier alpha value is -0.590. The van der Waals surface area contributed by atoms with Crippen LogP contribution in [-0.2, 0) is 5.41 Å². The Morgan fingerprint density at radius 3 is 2.29 bits per heavy atom. The molecule has 1 heterocycles. The van der Waals surface area contributed by atoms with Gasteiger partial charge in [0.15, 0.2) is 5.82 Å². The van der Waals surface area contributed by atoms with E-state index in [1.807, 2.05) is 13.1 Å². The van der Waals surface area contributed by atoms with Gasteiger partial charge in [0.1, 0.15) is 5.82 Å². The third-order valence-electron chi connectivity index (χ3n) is 2.98. The van der Waals surface area contributed by atoms with Crippen molar-refractivity contribution in [3.05, 3.63) is 37.5 Å². The summed E-state index contributed by atoms with van der Waals surface area (Å²) in [4.78, 5) is 9.31. The van der Waals surface area contributed by atoms with Gasteiger partial charge in [-0.15, -0.1) is 0 Å². The third-order valence-corrected chi connectivity index (χ3v) is 4.74. The van der Waals surface area contributed by atoms with Crippen molar-refractivity contribution in [2.75, 3.05) is 12.4 Å². The molecule has 0 radical (unpaired) electrons. The van der Waals surface area contributed by atoms with Crippen molar-refractivity contribution in [2.24, 2.45) is 0 Å². The molecule has 2 aromatic rings.